The van der Waals surface area contributed by atoms with Crippen molar-refractivity contribution in [1.82, 2.24) is 0 Å². The molecular formula is C16H11BrO3. The molecule has 0 fully saturated rings. The number of carbonyl (C=O) groups is 2. The molecule has 1 aliphatic rings. The molecule has 4 heteroatoms. The average Bonchev–Trinajstić information content (AvgIpc) is 2.77. The van der Waals surface area contributed by atoms with Crippen LogP contribution in [0.25, 0.3) is 0 Å². The van der Waals surface area contributed by atoms with E-state index in [1.54, 1.807) is 42.5 Å². The van der Waals surface area contributed by atoms with Crippen molar-refractivity contribution >= 4 is 27.7 Å². The number of hydrogen-bond acceptors (Lipinski definition) is 3. The quantitative estimate of drug-likeness (QED) is 0.481. The fraction of sp³-hybridized carbons (Fsp3) is 0.125. The smallest absolute Gasteiger partial charge is 0.343 e. The van der Waals surface area contributed by atoms with Crippen LogP contribution < -0.4 is 4.74 Å². The standard InChI is InChI=1S/C16H11BrO3/c17-13-9-12-11(15(13)18)7-4-8-14(12)20-16(19)10-5-2-1-3-6-10/h1-8,13H,9H2. The molecule has 100 valence electrons. The summed E-state index contributed by atoms with van der Waals surface area (Å²) in [5.41, 5.74) is 1.92. The summed E-state index contributed by atoms with van der Waals surface area (Å²) in [6.45, 7) is 0. The lowest BCUT2D eigenvalue weighted by Gasteiger charge is -2.08. The summed E-state index contributed by atoms with van der Waals surface area (Å²) in [6, 6.07) is 14.0. The number of carbonyl (C=O) groups excluding carboxylic acids is 2. The zero-order valence-corrected chi connectivity index (χ0v) is 12.1. The van der Waals surface area contributed by atoms with Crippen LogP contribution in [0.5, 0.6) is 5.75 Å². The molecule has 2 aromatic rings. The van der Waals surface area contributed by atoms with Crippen LogP contribution in [-0.2, 0) is 6.42 Å². The highest BCUT2D eigenvalue weighted by molar-refractivity contribution is 9.10. The Morgan fingerprint density at radius 2 is 1.85 bits per heavy atom. The number of fused-ring (bicyclic) bond motifs is 1. The van der Waals surface area contributed by atoms with Crippen LogP contribution in [0.4, 0.5) is 0 Å². The Labute approximate surface area is 124 Å². The second kappa shape index (κ2) is 5.21. The first-order valence-electron chi connectivity index (χ1n) is 6.24. The lowest BCUT2D eigenvalue weighted by atomic mass is 10.1. The summed E-state index contributed by atoms with van der Waals surface area (Å²) in [5, 5.41) is 0. The molecule has 0 heterocycles. The predicted octanol–water partition coefficient (Wildman–Crippen LogP) is 3.41. The van der Waals surface area contributed by atoms with Gasteiger partial charge in [-0.1, -0.05) is 46.3 Å². The van der Waals surface area contributed by atoms with Crippen LogP contribution >= 0.6 is 15.9 Å². The SMILES string of the molecule is O=C(Oc1cccc2c1CC(Br)C2=O)c1ccccc1. The first-order chi connectivity index (χ1) is 9.66. The van der Waals surface area contributed by atoms with Gasteiger partial charge in [0.1, 0.15) is 5.75 Å². The zero-order chi connectivity index (χ0) is 14.1. The van der Waals surface area contributed by atoms with Crippen molar-refractivity contribution in [3.05, 3.63) is 65.2 Å². The van der Waals surface area contributed by atoms with Gasteiger partial charge in [0.25, 0.3) is 0 Å². The van der Waals surface area contributed by atoms with Gasteiger partial charge in [-0.3, -0.25) is 4.79 Å². The van der Waals surface area contributed by atoms with Crippen molar-refractivity contribution in [2.75, 3.05) is 0 Å². The molecule has 1 unspecified atom stereocenters. The number of ketones is 1. The van der Waals surface area contributed by atoms with Crippen molar-refractivity contribution in [3.8, 4) is 5.75 Å². The molecule has 0 bridgehead atoms. The summed E-state index contributed by atoms with van der Waals surface area (Å²) in [5.74, 6) is 0.0914. The number of halogens is 1. The lowest BCUT2D eigenvalue weighted by molar-refractivity contribution is 0.0733. The number of ether oxygens (including phenoxy) is 1. The molecular weight excluding hydrogens is 320 g/mol. The highest BCUT2D eigenvalue weighted by atomic mass is 79.9. The van der Waals surface area contributed by atoms with Crippen LogP contribution in [0.15, 0.2) is 48.5 Å². The van der Waals surface area contributed by atoms with Gasteiger partial charge in [0.05, 0.1) is 10.4 Å². The van der Waals surface area contributed by atoms with Gasteiger partial charge in [-0.05, 0) is 24.6 Å². The third-order valence-corrected chi connectivity index (χ3v) is 4.02. The third-order valence-electron chi connectivity index (χ3n) is 3.28. The molecule has 3 rings (SSSR count). The van der Waals surface area contributed by atoms with Crippen molar-refractivity contribution in [2.24, 2.45) is 0 Å². The van der Waals surface area contributed by atoms with E-state index in [0.717, 1.165) is 5.56 Å². The molecule has 0 radical (unpaired) electrons. The zero-order valence-electron chi connectivity index (χ0n) is 10.5. The second-order valence-electron chi connectivity index (χ2n) is 4.57. The number of benzene rings is 2. The maximum Gasteiger partial charge on any atom is 0.343 e. The molecule has 1 aliphatic carbocycles. The fourth-order valence-corrected chi connectivity index (χ4v) is 2.85. The number of esters is 1. The number of hydrogen-bond donors (Lipinski definition) is 0. The second-order valence-corrected chi connectivity index (χ2v) is 5.68. The topological polar surface area (TPSA) is 43.4 Å². The highest BCUT2D eigenvalue weighted by Gasteiger charge is 2.31. The van der Waals surface area contributed by atoms with Crippen LogP contribution in [0, 0.1) is 0 Å². The molecule has 0 aromatic heterocycles. The maximum atomic E-state index is 12.1. The van der Waals surface area contributed by atoms with Gasteiger partial charge in [0, 0.05) is 11.1 Å². The predicted molar refractivity (Wildman–Crippen MR) is 78.6 cm³/mol. The molecule has 0 amide bonds. The minimum atomic E-state index is -0.413. The minimum absolute atomic E-state index is 0.0395. The lowest BCUT2D eigenvalue weighted by Crippen LogP contribution is -2.09. The molecule has 0 saturated heterocycles. The Balaban J connectivity index is 1.90. The Kier molecular flexibility index (Phi) is 3.40. The van der Waals surface area contributed by atoms with Crippen LogP contribution in [0.1, 0.15) is 26.3 Å². The van der Waals surface area contributed by atoms with Gasteiger partial charge >= 0.3 is 5.97 Å². The van der Waals surface area contributed by atoms with E-state index >= 15 is 0 Å². The Morgan fingerprint density at radius 3 is 2.60 bits per heavy atom. The summed E-state index contributed by atoms with van der Waals surface area (Å²) >= 11 is 3.34. The van der Waals surface area contributed by atoms with E-state index in [4.69, 9.17) is 4.74 Å². The summed E-state index contributed by atoms with van der Waals surface area (Å²) in [4.78, 5) is 23.7. The first-order valence-corrected chi connectivity index (χ1v) is 7.16. The number of Topliss-reactive ketones (excluding diaryl/α,β-unsaturated/α-hetero) is 1. The van der Waals surface area contributed by atoms with Crippen molar-refractivity contribution in [2.45, 2.75) is 11.2 Å². The molecule has 0 spiro atoms. The van der Waals surface area contributed by atoms with Crippen LogP contribution in [0.2, 0.25) is 0 Å². The van der Waals surface area contributed by atoms with E-state index in [1.807, 2.05) is 6.07 Å². The summed E-state index contributed by atoms with van der Waals surface area (Å²) in [7, 11) is 0. The molecule has 0 aliphatic heterocycles. The molecule has 2 aromatic carbocycles. The van der Waals surface area contributed by atoms with Gasteiger partial charge in [0.15, 0.2) is 5.78 Å². The minimum Gasteiger partial charge on any atom is -0.423 e. The monoisotopic (exact) mass is 330 g/mol. The first kappa shape index (κ1) is 13.1. The van der Waals surface area contributed by atoms with Gasteiger partial charge in [-0.15, -0.1) is 0 Å². The largest absolute Gasteiger partial charge is 0.423 e. The van der Waals surface area contributed by atoms with Gasteiger partial charge in [0.2, 0.25) is 0 Å². The third kappa shape index (κ3) is 2.27. The molecule has 1 atom stereocenters. The maximum absolute atomic E-state index is 12.1. The molecule has 0 N–H and O–H groups in total. The van der Waals surface area contributed by atoms with Gasteiger partial charge in [-0.2, -0.15) is 0 Å². The van der Waals surface area contributed by atoms with Gasteiger partial charge < -0.3 is 4.74 Å². The van der Waals surface area contributed by atoms with E-state index in [1.165, 1.54) is 0 Å². The summed E-state index contributed by atoms with van der Waals surface area (Å²) < 4.78 is 5.43. The normalized spacial score (nSPS) is 16.9. The van der Waals surface area contributed by atoms with Gasteiger partial charge in [-0.25, -0.2) is 4.79 Å². The number of alkyl halides is 1. The molecule has 20 heavy (non-hydrogen) atoms. The van der Waals surface area contributed by atoms with E-state index in [9.17, 15) is 9.59 Å². The Hall–Kier alpha value is -1.94. The molecule has 3 nitrogen and oxygen atoms in total. The Morgan fingerprint density at radius 1 is 1.10 bits per heavy atom. The summed E-state index contributed by atoms with van der Waals surface area (Å²) in [6.07, 6.45) is 0.548. The van der Waals surface area contributed by atoms with E-state index in [-0.39, 0.29) is 10.6 Å². The van der Waals surface area contributed by atoms with Crippen LogP contribution in [0.3, 0.4) is 0 Å². The van der Waals surface area contributed by atoms with Crippen LogP contribution in [-0.4, -0.2) is 16.6 Å². The molecule has 0 saturated carbocycles. The van der Waals surface area contributed by atoms with E-state index in [0.29, 0.717) is 23.3 Å². The fourth-order valence-electron chi connectivity index (χ4n) is 2.28. The highest BCUT2D eigenvalue weighted by Crippen LogP contribution is 2.33. The Bertz CT molecular complexity index is 679. The van der Waals surface area contributed by atoms with Crippen molar-refractivity contribution in [3.63, 3.8) is 0 Å². The number of rotatable bonds is 2. The van der Waals surface area contributed by atoms with E-state index < -0.39 is 5.97 Å². The van der Waals surface area contributed by atoms with Crippen molar-refractivity contribution in [1.29, 1.82) is 0 Å². The van der Waals surface area contributed by atoms with Crippen molar-refractivity contribution < 1.29 is 14.3 Å². The van der Waals surface area contributed by atoms with E-state index in [2.05, 4.69) is 15.9 Å². The average molecular weight is 331 g/mol.